The number of hydrogen-bond acceptors (Lipinski definition) is 4. The number of hydrogen-bond donors (Lipinski definition) is 2. The molecule has 1 amide bonds. The lowest BCUT2D eigenvalue weighted by Crippen LogP contribution is -2.18. The minimum Gasteiger partial charge on any atom is -0.339 e. The van der Waals surface area contributed by atoms with Gasteiger partial charge in [0.15, 0.2) is 5.84 Å². The molecule has 0 aromatic heterocycles. The number of amides is 1. The molecule has 0 fully saturated rings. The molecule has 0 unspecified atom stereocenters. The van der Waals surface area contributed by atoms with Crippen LogP contribution in [-0.2, 0) is 14.8 Å². The van der Waals surface area contributed by atoms with Crippen molar-refractivity contribution in [3.8, 4) is 0 Å². The van der Waals surface area contributed by atoms with Crippen molar-refractivity contribution in [2.24, 2.45) is 10.3 Å². The molecule has 124 valence electrons. The fraction of sp³-hybridized carbons (Fsp3) is 0.176. The number of carbonyl (C=O) groups is 1. The van der Waals surface area contributed by atoms with Gasteiger partial charge in [-0.2, -0.15) is 8.42 Å². The molecule has 6 nitrogen and oxygen atoms in total. The molecule has 2 aromatic carbocycles. The quantitative estimate of drug-likeness (QED) is 0.897. The first-order valence-corrected chi connectivity index (χ1v) is 8.93. The molecule has 1 aliphatic rings. The monoisotopic (exact) mass is 343 g/mol. The maximum absolute atomic E-state index is 12.1. The van der Waals surface area contributed by atoms with E-state index >= 15 is 0 Å². The highest BCUT2D eigenvalue weighted by molar-refractivity contribution is 7.90. The Labute approximate surface area is 140 Å². The molecule has 1 aliphatic heterocycles. The van der Waals surface area contributed by atoms with Crippen molar-refractivity contribution in [3.63, 3.8) is 0 Å². The first-order chi connectivity index (χ1) is 11.4. The van der Waals surface area contributed by atoms with E-state index in [0.717, 1.165) is 0 Å². The van der Waals surface area contributed by atoms with Crippen LogP contribution in [0.15, 0.2) is 57.8 Å². The van der Waals surface area contributed by atoms with E-state index in [1.54, 1.807) is 42.5 Å². The Bertz CT molecular complexity index is 934. The molecule has 24 heavy (non-hydrogen) atoms. The van der Waals surface area contributed by atoms with E-state index in [2.05, 4.69) is 15.0 Å². The van der Waals surface area contributed by atoms with E-state index in [0.29, 0.717) is 16.9 Å². The highest BCUT2D eigenvalue weighted by Gasteiger charge is 2.28. The number of nitrogens with one attached hydrogen (secondary N) is 2. The molecule has 2 aromatic rings. The molecular weight excluding hydrogens is 326 g/mol. The van der Waals surface area contributed by atoms with Crippen molar-refractivity contribution in [3.05, 3.63) is 54.1 Å². The van der Waals surface area contributed by atoms with Crippen LogP contribution in [0.5, 0.6) is 0 Å². The second kappa shape index (κ2) is 6.09. The highest BCUT2D eigenvalue weighted by Crippen LogP contribution is 2.27. The Morgan fingerprint density at radius 1 is 1.04 bits per heavy atom. The minimum atomic E-state index is -3.66. The maximum atomic E-state index is 12.1. The summed E-state index contributed by atoms with van der Waals surface area (Å²) in [6, 6.07) is 13.7. The van der Waals surface area contributed by atoms with Gasteiger partial charge in [-0.05, 0) is 30.3 Å². The van der Waals surface area contributed by atoms with Gasteiger partial charge in [-0.1, -0.05) is 32.0 Å². The van der Waals surface area contributed by atoms with Crippen LogP contribution >= 0.6 is 0 Å². The number of carbonyl (C=O) groups excluding carboxylic acids is 1. The van der Waals surface area contributed by atoms with Crippen LogP contribution in [0.2, 0.25) is 0 Å². The summed E-state index contributed by atoms with van der Waals surface area (Å²) in [5, 5.41) is 5.82. The lowest BCUT2D eigenvalue weighted by Gasteiger charge is -2.11. The zero-order valence-corrected chi connectivity index (χ0v) is 14.1. The van der Waals surface area contributed by atoms with Crippen molar-refractivity contribution in [2.75, 3.05) is 10.6 Å². The lowest BCUT2D eigenvalue weighted by atomic mass is 10.2. The van der Waals surface area contributed by atoms with Crippen molar-refractivity contribution in [1.29, 1.82) is 0 Å². The summed E-state index contributed by atoms with van der Waals surface area (Å²) in [6.07, 6.45) is 0. The Balaban J connectivity index is 1.87. The van der Waals surface area contributed by atoms with Crippen molar-refractivity contribution in [1.82, 2.24) is 0 Å². The fourth-order valence-electron chi connectivity index (χ4n) is 2.29. The summed E-state index contributed by atoms with van der Waals surface area (Å²) < 4.78 is 27.9. The number of benzene rings is 2. The zero-order chi connectivity index (χ0) is 17.3. The number of sulfonamides is 1. The molecule has 0 spiro atoms. The number of rotatable bonds is 3. The van der Waals surface area contributed by atoms with Crippen molar-refractivity contribution in [2.45, 2.75) is 18.7 Å². The van der Waals surface area contributed by atoms with Crippen LogP contribution < -0.4 is 10.6 Å². The summed E-state index contributed by atoms with van der Waals surface area (Å²) in [5.41, 5.74) is 1.81. The fourth-order valence-corrected chi connectivity index (χ4v) is 3.47. The van der Waals surface area contributed by atoms with Crippen LogP contribution in [0.4, 0.5) is 11.4 Å². The molecule has 0 radical (unpaired) electrons. The average Bonchev–Trinajstić information content (AvgIpc) is 2.79. The largest absolute Gasteiger partial charge is 0.339 e. The van der Waals surface area contributed by atoms with Gasteiger partial charge in [-0.25, -0.2) is 0 Å². The summed E-state index contributed by atoms with van der Waals surface area (Å²) in [7, 11) is -3.66. The van der Waals surface area contributed by atoms with E-state index in [-0.39, 0.29) is 22.6 Å². The van der Waals surface area contributed by atoms with Gasteiger partial charge in [-0.3, -0.25) is 4.79 Å². The van der Waals surface area contributed by atoms with Gasteiger partial charge in [0.1, 0.15) is 4.90 Å². The molecule has 0 saturated heterocycles. The van der Waals surface area contributed by atoms with E-state index < -0.39 is 10.0 Å². The molecule has 0 aliphatic carbocycles. The molecule has 1 heterocycles. The van der Waals surface area contributed by atoms with Crippen LogP contribution in [0.1, 0.15) is 19.4 Å². The van der Waals surface area contributed by atoms with Crippen LogP contribution in [-0.4, -0.2) is 20.2 Å². The van der Waals surface area contributed by atoms with Gasteiger partial charge < -0.3 is 10.6 Å². The first kappa shape index (κ1) is 16.2. The summed E-state index contributed by atoms with van der Waals surface area (Å²) in [6.45, 7) is 3.62. The summed E-state index contributed by atoms with van der Waals surface area (Å²) in [4.78, 5) is 12.0. The molecule has 7 heteroatoms. The number of fused-ring (bicyclic) bond motifs is 1. The topological polar surface area (TPSA) is 87.6 Å². The Kier molecular flexibility index (Phi) is 4.11. The van der Waals surface area contributed by atoms with Crippen molar-refractivity contribution >= 4 is 33.1 Å². The van der Waals surface area contributed by atoms with Gasteiger partial charge >= 0.3 is 0 Å². The SMILES string of the molecule is CC(C)C(=O)Nc1cccc(NC2=NS(=O)(=O)c3ccccc32)c1. The standard InChI is InChI=1S/C17H17N3O3S/c1-11(2)17(21)19-13-7-5-6-12(10-13)18-16-14-8-3-4-9-15(14)24(22,23)20-16/h3-11H,1-2H3,(H,18,20)(H,19,21). The molecular formula is C17H17N3O3S. The van der Waals surface area contributed by atoms with Gasteiger partial charge in [0.05, 0.1) is 0 Å². The third kappa shape index (κ3) is 3.16. The molecule has 2 N–H and O–H groups in total. The normalized spacial score (nSPS) is 14.9. The first-order valence-electron chi connectivity index (χ1n) is 7.49. The lowest BCUT2D eigenvalue weighted by molar-refractivity contribution is -0.118. The average molecular weight is 343 g/mol. The molecule has 3 rings (SSSR count). The van der Waals surface area contributed by atoms with E-state index in [1.807, 2.05) is 13.8 Å². The Morgan fingerprint density at radius 3 is 2.50 bits per heavy atom. The van der Waals surface area contributed by atoms with Crippen LogP contribution in [0, 0.1) is 5.92 Å². The number of amidine groups is 1. The van der Waals surface area contributed by atoms with Crippen molar-refractivity contribution < 1.29 is 13.2 Å². The molecule has 0 atom stereocenters. The number of nitrogens with zero attached hydrogens (tertiary/aromatic N) is 1. The van der Waals surface area contributed by atoms with Gasteiger partial charge in [0.2, 0.25) is 5.91 Å². The van der Waals surface area contributed by atoms with E-state index in [4.69, 9.17) is 0 Å². The molecule has 0 saturated carbocycles. The van der Waals surface area contributed by atoms with Crippen LogP contribution in [0.3, 0.4) is 0 Å². The summed E-state index contributed by atoms with van der Waals surface area (Å²) >= 11 is 0. The predicted octanol–water partition coefficient (Wildman–Crippen LogP) is 2.84. The maximum Gasteiger partial charge on any atom is 0.285 e. The smallest absolute Gasteiger partial charge is 0.285 e. The Morgan fingerprint density at radius 2 is 1.75 bits per heavy atom. The molecule has 0 bridgehead atoms. The van der Waals surface area contributed by atoms with E-state index in [9.17, 15) is 13.2 Å². The third-order valence-electron chi connectivity index (χ3n) is 3.55. The summed E-state index contributed by atoms with van der Waals surface area (Å²) in [5.74, 6) is 0.0639. The Hall–Kier alpha value is -2.67. The van der Waals surface area contributed by atoms with Gasteiger partial charge in [0.25, 0.3) is 10.0 Å². The highest BCUT2D eigenvalue weighted by atomic mass is 32.2. The second-order valence-corrected chi connectivity index (χ2v) is 7.33. The van der Waals surface area contributed by atoms with Crippen LogP contribution in [0.25, 0.3) is 0 Å². The zero-order valence-electron chi connectivity index (χ0n) is 13.3. The van der Waals surface area contributed by atoms with Gasteiger partial charge in [-0.15, -0.1) is 4.40 Å². The minimum absolute atomic E-state index is 0.0849. The van der Waals surface area contributed by atoms with E-state index in [1.165, 1.54) is 6.07 Å². The number of anilines is 2. The third-order valence-corrected chi connectivity index (χ3v) is 4.88. The predicted molar refractivity (Wildman–Crippen MR) is 93.7 cm³/mol. The second-order valence-electron chi connectivity index (χ2n) is 5.76. The van der Waals surface area contributed by atoms with Gasteiger partial charge in [0, 0.05) is 22.9 Å².